The van der Waals surface area contributed by atoms with E-state index in [0.29, 0.717) is 4.64 Å². The van der Waals surface area contributed by atoms with Crippen molar-refractivity contribution < 1.29 is 0 Å². The van der Waals surface area contributed by atoms with E-state index in [1.807, 2.05) is 30.1 Å². The Balaban J connectivity index is 2.09. The summed E-state index contributed by atoms with van der Waals surface area (Å²) in [7, 11) is 1.88. The lowest BCUT2D eigenvalue weighted by atomic mass is 10.1. The molecule has 0 radical (unpaired) electrons. The Morgan fingerprint density at radius 2 is 2.10 bits per heavy atom. The molecule has 0 spiro atoms. The highest BCUT2D eigenvalue weighted by Gasteiger charge is 2.19. The molecule has 20 heavy (non-hydrogen) atoms. The fraction of sp³-hybridized carbons (Fsp3) is 0.231. The summed E-state index contributed by atoms with van der Waals surface area (Å²) in [6.07, 6.45) is 2.83. The highest BCUT2D eigenvalue weighted by atomic mass is 32.1. The molecule has 1 aliphatic rings. The van der Waals surface area contributed by atoms with Crippen LogP contribution in [0.1, 0.15) is 18.1 Å². The summed E-state index contributed by atoms with van der Waals surface area (Å²) in [6.45, 7) is 2.13. The van der Waals surface area contributed by atoms with Crippen LogP contribution in [0.5, 0.6) is 0 Å². The van der Waals surface area contributed by atoms with Crippen LogP contribution < -0.4 is 11.1 Å². The first-order valence-electron chi connectivity index (χ1n) is 6.43. The number of hydrogen-bond acceptors (Lipinski definition) is 5. The number of aromatic nitrogens is 2. The van der Waals surface area contributed by atoms with Gasteiger partial charge in [0, 0.05) is 13.2 Å². The number of aromatic amines is 1. The smallest absolute Gasteiger partial charge is 0.177 e. The van der Waals surface area contributed by atoms with Gasteiger partial charge in [-0.1, -0.05) is 37.3 Å². The third-order valence-corrected chi connectivity index (χ3v) is 3.73. The first kappa shape index (κ1) is 12.9. The quantitative estimate of drug-likeness (QED) is 0.753. The summed E-state index contributed by atoms with van der Waals surface area (Å²) in [5, 5.41) is 9.18. The van der Waals surface area contributed by atoms with Crippen LogP contribution in [0.25, 0.3) is 5.69 Å². The number of para-hydroxylation sites is 1. The molecule has 3 rings (SSSR count). The number of hydrogen-bond donors (Lipinski definition) is 3. The highest BCUT2D eigenvalue weighted by molar-refractivity contribution is 7.71. The zero-order valence-electron chi connectivity index (χ0n) is 11.3. The molecule has 0 saturated carbocycles. The SMILES string of the molecule is CCc1ccccc1-n1[nH]cc(C2=NNNN2C)c1=S. The molecular weight excluding hydrogens is 272 g/mol. The van der Waals surface area contributed by atoms with E-state index >= 15 is 0 Å². The standard InChI is InChI=1S/C13H16N6S/c1-3-9-6-4-5-7-11(9)19-13(20)10(8-14-19)12-15-16-17-18(12)2/h4-8,14,16-17H,3H2,1-2H3. The third-order valence-electron chi connectivity index (χ3n) is 3.32. The molecule has 2 aromatic rings. The van der Waals surface area contributed by atoms with E-state index in [0.717, 1.165) is 23.5 Å². The second-order valence-electron chi connectivity index (χ2n) is 4.53. The Morgan fingerprint density at radius 3 is 2.80 bits per heavy atom. The maximum atomic E-state index is 5.57. The molecule has 0 fully saturated rings. The lowest BCUT2D eigenvalue weighted by Crippen LogP contribution is -2.37. The molecule has 0 unspecified atom stereocenters. The van der Waals surface area contributed by atoms with Gasteiger partial charge in [0.2, 0.25) is 0 Å². The Morgan fingerprint density at radius 1 is 1.30 bits per heavy atom. The minimum Gasteiger partial charge on any atom is -0.299 e. The molecule has 104 valence electrons. The van der Waals surface area contributed by atoms with Gasteiger partial charge in [-0.3, -0.25) is 10.1 Å². The summed E-state index contributed by atoms with van der Waals surface area (Å²) >= 11 is 5.57. The van der Waals surface area contributed by atoms with Crippen LogP contribution in [0.3, 0.4) is 0 Å². The zero-order valence-corrected chi connectivity index (χ0v) is 12.2. The minimum atomic E-state index is 0.710. The fourth-order valence-electron chi connectivity index (χ4n) is 2.26. The normalized spacial score (nSPS) is 14.3. The van der Waals surface area contributed by atoms with Crippen molar-refractivity contribution in [2.75, 3.05) is 7.05 Å². The lowest BCUT2D eigenvalue weighted by molar-refractivity contribution is 0.349. The van der Waals surface area contributed by atoms with Crippen molar-refractivity contribution in [2.45, 2.75) is 13.3 Å². The lowest BCUT2D eigenvalue weighted by Gasteiger charge is -2.11. The first-order valence-corrected chi connectivity index (χ1v) is 6.84. The molecular formula is C13H16N6S. The van der Waals surface area contributed by atoms with Gasteiger partial charge in [-0.2, -0.15) is 0 Å². The van der Waals surface area contributed by atoms with E-state index in [-0.39, 0.29) is 0 Å². The summed E-state index contributed by atoms with van der Waals surface area (Å²) in [5.74, 6) is 0.763. The van der Waals surface area contributed by atoms with Crippen molar-refractivity contribution in [3.05, 3.63) is 46.2 Å². The molecule has 0 amide bonds. The van der Waals surface area contributed by atoms with E-state index in [2.05, 4.69) is 40.3 Å². The van der Waals surface area contributed by atoms with Gasteiger partial charge in [0.05, 0.1) is 11.3 Å². The van der Waals surface area contributed by atoms with E-state index in [1.54, 1.807) is 5.01 Å². The molecule has 0 aliphatic carbocycles. The molecule has 0 bridgehead atoms. The Labute approximate surface area is 122 Å². The molecule has 7 heteroatoms. The van der Waals surface area contributed by atoms with Crippen LogP contribution in [-0.4, -0.2) is 27.7 Å². The largest absolute Gasteiger partial charge is 0.299 e. The molecule has 3 N–H and O–H groups in total. The van der Waals surface area contributed by atoms with Crippen LogP contribution in [0.4, 0.5) is 0 Å². The van der Waals surface area contributed by atoms with Crippen LogP contribution in [0.15, 0.2) is 35.6 Å². The molecule has 1 aliphatic heterocycles. The van der Waals surface area contributed by atoms with Crippen molar-refractivity contribution in [3.8, 4) is 5.69 Å². The number of rotatable bonds is 3. The molecule has 2 heterocycles. The van der Waals surface area contributed by atoms with E-state index in [9.17, 15) is 0 Å². The zero-order chi connectivity index (χ0) is 14.1. The summed E-state index contributed by atoms with van der Waals surface area (Å²) in [4.78, 5) is 0. The van der Waals surface area contributed by atoms with Crippen LogP contribution in [0.2, 0.25) is 0 Å². The monoisotopic (exact) mass is 288 g/mol. The Kier molecular flexibility index (Phi) is 3.29. The van der Waals surface area contributed by atoms with Crippen molar-refractivity contribution >= 4 is 18.1 Å². The van der Waals surface area contributed by atoms with Crippen LogP contribution in [-0.2, 0) is 6.42 Å². The van der Waals surface area contributed by atoms with Gasteiger partial charge in [-0.25, -0.2) is 10.2 Å². The Bertz CT molecular complexity index is 714. The van der Waals surface area contributed by atoms with Crippen molar-refractivity contribution in [2.24, 2.45) is 5.10 Å². The highest BCUT2D eigenvalue weighted by Crippen LogP contribution is 2.17. The number of nitrogens with one attached hydrogen (secondary N) is 3. The van der Waals surface area contributed by atoms with Gasteiger partial charge in [-0.05, 0) is 18.1 Å². The maximum Gasteiger partial charge on any atom is 0.177 e. The average Bonchev–Trinajstić information content (AvgIpc) is 3.04. The van der Waals surface area contributed by atoms with Crippen molar-refractivity contribution in [1.29, 1.82) is 0 Å². The predicted octanol–water partition coefficient (Wildman–Crippen LogP) is 1.71. The van der Waals surface area contributed by atoms with Gasteiger partial charge in [-0.15, -0.1) is 10.6 Å². The number of H-pyrrole nitrogens is 1. The predicted molar refractivity (Wildman–Crippen MR) is 80.9 cm³/mol. The molecule has 1 aromatic heterocycles. The average molecular weight is 288 g/mol. The van der Waals surface area contributed by atoms with E-state index in [1.165, 1.54) is 5.56 Å². The summed E-state index contributed by atoms with van der Waals surface area (Å²) in [5.41, 5.74) is 8.79. The number of hydrazone groups is 1. The summed E-state index contributed by atoms with van der Waals surface area (Å²) < 4.78 is 2.63. The van der Waals surface area contributed by atoms with E-state index < -0.39 is 0 Å². The number of amidine groups is 1. The Hall–Kier alpha value is -2.12. The molecule has 0 atom stereocenters. The van der Waals surface area contributed by atoms with Gasteiger partial charge < -0.3 is 0 Å². The minimum absolute atomic E-state index is 0.710. The second-order valence-corrected chi connectivity index (χ2v) is 4.91. The number of nitrogens with zero attached hydrogens (tertiary/aromatic N) is 3. The van der Waals surface area contributed by atoms with Crippen molar-refractivity contribution in [3.63, 3.8) is 0 Å². The van der Waals surface area contributed by atoms with Gasteiger partial charge in [0.15, 0.2) is 5.84 Å². The molecule has 6 nitrogen and oxygen atoms in total. The van der Waals surface area contributed by atoms with Crippen molar-refractivity contribution in [1.82, 2.24) is 25.9 Å². The number of hydrazine groups is 2. The van der Waals surface area contributed by atoms with Gasteiger partial charge in [0.1, 0.15) is 4.64 Å². The van der Waals surface area contributed by atoms with Gasteiger partial charge >= 0.3 is 0 Å². The second kappa shape index (κ2) is 5.10. The number of aryl methyl sites for hydroxylation is 1. The topological polar surface area (TPSA) is 60.4 Å². The summed E-state index contributed by atoms with van der Waals surface area (Å²) in [6, 6.07) is 8.23. The molecule has 0 saturated heterocycles. The van der Waals surface area contributed by atoms with E-state index in [4.69, 9.17) is 12.2 Å². The maximum absolute atomic E-state index is 5.57. The van der Waals surface area contributed by atoms with Gasteiger partial charge in [0.25, 0.3) is 0 Å². The van der Waals surface area contributed by atoms with Crippen LogP contribution >= 0.6 is 12.2 Å². The fourth-order valence-corrected chi connectivity index (χ4v) is 2.56. The van der Waals surface area contributed by atoms with Crippen LogP contribution in [0, 0.1) is 4.64 Å². The number of benzene rings is 1. The molecule has 1 aromatic carbocycles. The first-order chi connectivity index (χ1) is 9.72. The third kappa shape index (κ3) is 2.00.